The van der Waals surface area contributed by atoms with Crippen molar-refractivity contribution in [1.82, 2.24) is 10.2 Å². The molecule has 2 aromatic rings. The van der Waals surface area contributed by atoms with Crippen LogP contribution in [0.4, 0.5) is 5.69 Å². The second-order valence-electron chi connectivity index (χ2n) is 7.77. The number of aryl methyl sites for hydroxylation is 1. The number of amides is 1. The van der Waals surface area contributed by atoms with Crippen LogP contribution in [0.15, 0.2) is 41.0 Å². The summed E-state index contributed by atoms with van der Waals surface area (Å²) in [5.74, 6) is 0.710. The van der Waals surface area contributed by atoms with Crippen LogP contribution in [0.2, 0.25) is 0 Å². The minimum atomic E-state index is -3.31. The highest BCUT2D eigenvalue weighted by molar-refractivity contribution is 7.92. The van der Waals surface area contributed by atoms with Crippen molar-refractivity contribution in [2.24, 2.45) is 0 Å². The van der Waals surface area contributed by atoms with Crippen LogP contribution in [0.25, 0.3) is 0 Å². The third kappa shape index (κ3) is 4.33. The molecule has 4 rings (SSSR count). The Morgan fingerprint density at radius 1 is 1.17 bits per heavy atom. The van der Waals surface area contributed by atoms with E-state index in [1.165, 1.54) is 10.6 Å². The van der Waals surface area contributed by atoms with Gasteiger partial charge in [0.05, 0.1) is 24.2 Å². The Labute approximate surface area is 171 Å². The zero-order valence-corrected chi connectivity index (χ0v) is 17.5. The van der Waals surface area contributed by atoms with Gasteiger partial charge >= 0.3 is 0 Å². The lowest BCUT2D eigenvalue weighted by atomic mass is 10.0. The molecule has 29 heavy (non-hydrogen) atoms. The van der Waals surface area contributed by atoms with Crippen LogP contribution in [0.5, 0.6) is 0 Å². The second-order valence-corrected chi connectivity index (χ2v) is 9.67. The van der Waals surface area contributed by atoms with E-state index in [1.54, 1.807) is 18.4 Å². The SMILES string of the molecule is CS(=O)(=O)N1CCCc2cc(C(=O)NCC(c3ccco3)N3CCCC3)ccc21. The largest absolute Gasteiger partial charge is 0.468 e. The molecule has 3 heterocycles. The molecule has 0 spiro atoms. The summed E-state index contributed by atoms with van der Waals surface area (Å²) in [6, 6.07) is 9.12. The standard InChI is InChI=1S/C21H27N3O4S/c1-29(26,27)24-12-4-6-16-14-17(8-9-18(16)24)21(25)22-15-19(20-7-5-13-28-20)23-10-2-3-11-23/h5,7-9,13-14,19H,2-4,6,10-12,15H2,1H3,(H,22,25). The minimum Gasteiger partial charge on any atom is -0.468 e. The Kier molecular flexibility index (Phi) is 5.65. The molecule has 0 saturated carbocycles. The lowest BCUT2D eigenvalue weighted by Gasteiger charge is -2.29. The molecule has 1 aromatic carbocycles. The molecule has 1 N–H and O–H groups in total. The Hall–Kier alpha value is -2.32. The third-order valence-electron chi connectivity index (χ3n) is 5.73. The summed E-state index contributed by atoms with van der Waals surface area (Å²) in [6.07, 6.45) is 6.72. The predicted molar refractivity (Wildman–Crippen MR) is 112 cm³/mol. The molecule has 0 aliphatic carbocycles. The Bertz CT molecular complexity index is 966. The second kappa shape index (κ2) is 8.20. The number of anilines is 1. The summed E-state index contributed by atoms with van der Waals surface area (Å²) in [5, 5.41) is 3.04. The molecular formula is C21H27N3O4S. The number of furan rings is 1. The number of carbonyl (C=O) groups is 1. The topological polar surface area (TPSA) is 82.9 Å². The average molecular weight is 418 g/mol. The highest BCUT2D eigenvalue weighted by Crippen LogP contribution is 2.30. The van der Waals surface area contributed by atoms with Crippen molar-refractivity contribution in [2.45, 2.75) is 31.7 Å². The molecule has 8 heteroatoms. The van der Waals surface area contributed by atoms with E-state index < -0.39 is 10.0 Å². The number of hydrogen-bond acceptors (Lipinski definition) is 5. The van der Waals surface area contributed by atoms with Gasteiger partial charge in [0.2, 0.25) is 10.0 Å². The maximum Gasteiger partial charge on any atom is 0.251 e. The van der Waals surface area contributed by atoms with E-state index >= 15 is 0 Å². The number of carbonyl (C=O) groups excluding carboxylic acids is 1. The molecule has 1 atom stereocenters. The first-order valence-electron chi connectivity index (χ1n) is 10.1. The van der Waals surface area contributed by atoms with E-state index in [0.29, 0.717) is 24.3 Å². The molecule has 1 unspecified atom stereocenters. The highest BCUT2D eigenvalue weighted by atomic mass is 32.2. The minimum absolute atomic E-state index is 0.0230. The summed E-state index contributed by atoms with van der Waals surface area (Å²) in [4.78, 5) is 15.1. The molecule has 1 amide bonds. The number of likely N-dealkylation sites (tertiary alicyclic amines) is 1. The van der Waals surface area contributed by atoms with E-state index in [1.807, 2.05) is 18.2 Å². The molecule has 2 aliphatic heterocycles. The zero-order valence-electron chi connectivity index (χ0n) is 16.6. The molecule has 0 bridgehead atoms. The summed E-state index contributed by atoms with van der Waals surface area (Å²) >= 11 is 0. The van der Waals surface area contributed by atoms with Crippen molar-refractivity contribution in [3.05, 3.63) is 53.5 Å². The van der Waals surface area contributed by atoms with Gasteiger partial charge in [0, 0.05) is 18.7 Å². The van der Waals surface area contributed by atoms with Gasteiger partial charge in [0.15, 0.2) is 0 Å². The molecular weight excluding hydrogens is 390 g/mol. The van der Waals surface area contributed by atoms with Crippen LogP contribution in [0.3, 0.4) is 0 Å². The van der Waals surface area contributed by atoms with Crippen LogP contribution in [-0.4, -0.2) is 51.7 Å². The van der Waals surface area contributed by atoms with Gasteiger partial charge in [-0.1, -0.05) is 0 Å². The first-order chi connectivity index (χ1) is 13.9. The molecule has 0 radical (unpaired) electrons. The summed E-state index contributed by atoms with van der Waals surface area (Å²) in [5.41, 5.74) is 2.14. The van der Waals surface area contributed by atoms with Gasteiger partial charge in [0.25, 0.3) is 5.91 Å². The first-order valence-corrected chi connectivity index (χ1v) is 11.9. The monoisotopic (exact) mass is 417 g/mol. The number of benzene rings is 1. The van der Waals surface area contributed by atoms with Gasteiger partial charge in [-0.3, -0.25) is 14.0 Å². The highest BCUT2D eigenvalue weighted by Gasteiger charge is 2.27. The van der Waals surface area contributed by atoms with E-state index in [-0.39, 0.29) is 11.9 Å². The molecule has 1 saturated heterocycles. The van der Waals surface area contributed by atoms with E-state index in [9.17, 15) is 13.2 Å². The average Bonchev–Trinajstić information content (AvgIpc) is 3.41. The molecule has 1 fully saturated rings. The Balaban J connectivity index is 1.48. The molecule has 1 aromatic heterocycles. The van der Waals surface area contributed by atoms with Gasteiger partial charge in [-0.2, -0.15) is 0 Å². The van der Waals surface area contributed by atoms with Crippen molar-refractivity contribution in [1.29, 1.82) is 0 Å². The predicted octanol–water partition coefficient (Wildman–Crippen LogP) is 2.56. The number of fused-ring (bicyclic) bond motifs is 1. The smallest absolute Gasteiger partial charge is 0.251 e. The van der Waals surface area contributed by atoms with Crippen molar-refractivity contribution >= 4 is 21.6 Å². The third-order valence-corrected chi connectivity index (χ3v) is 6.91. The fourth-order valence-corrected chi connectivity index (χ4v) is 5.28. The number of nitrogens with one attached hydrogen (secondary N) is 1. The molecule has 2 aliphatic rings. The molecule has 7 nitrogen and oxygen atoms in total. The Morgan fingerprint density at radius 3 is 2.66 bits per heavy atom. The first kappa shape index (κ1) is 20.0. The van der Waals surface area contributed by atoms with Gasteiger partial charge < -0.3 is 9.73 Å². The fraction of sp³-hybridized carbons (Fsp3) is 0.476. The fourth-order valence-electron chi connectivity index (χ4n) is 4.28. The quantitative estimate of drug-likeness (QED) is 0.781. The van der Waals surface area contributed by atoms with Crippen LogP contribution in [-0.2, 0) is 16.4 Å². The van der Waals surface area contributed by atoms with Crippen LogP contribution in [0.1, 0.15) is 47.0 Å². The summed E-state index contributed by atoms with van der Waals surface area (Å²) in [6.45, 7) is 2.96. The van der Waals surface area contributed by atoms with Gasteiger partial charge in [-0.05, 0) is 74.7 Å². The Morgan fingerprint density at radius 2 is 1.97 bits per heavy atom. The van der Waals surface area contributed by atoms with Crippen molar-refractivity contribution < 1.29 is 17.6 Å². The lowest BCUT2D eigenvalue weighted by molar-refractivity contribution is 0.0933. The normalized spacial score (nSPS) is 18.4. The van der Waals surface area contributed by atoms with Crippen LogP contribution >= 0.6 is 0 Å². The lowest BCUT2D eigenvalue weighted by Crippen LogP contribution is -2.37. The van der Waals surface area contributed by atoms with Gasteiger partial charge in [0.1, 0.15) is 5.76 Å². The van der Waals surface area contributed by atoms with Crippen molar-refractivity contribution in [3.8, 4) is 0 Å². The van der Waals surface area contributed by atoms with E-state index in [2.05, 4.69) is 10.2 Å². The number of nitrogens with zero attached hydrogens (tertiary/aromatic N) is 2. The van der Waals surface area contributed by atoms with Crippen LogP contribution in [0, 0.1) is 0 Å². The van der Waals surface area contributed by atoms with Crippen molar-refractivity contribution in [2.75, 3.05) is 36.7 Å². The number of rotatable bonds is 6. The number of sulfonamides is 1. The van der Waals surface area contributed by atoms with E-state index in [0.717, 1.165) is 50.1 Å². The zero-order chi connectivity index (χ0) is 20.4. The number of hydrogen-bond donors (Lipinski definition) is 1. The maximum atomic E-state index is 12.8. The van der Waals surface area contributed by atoms with Crippen LogP contribution < -0.4 is 9.62 Å². The summed E-state index contributed by atoms with van der Waals surface area (Å²) < 4.78 is 31.1. The maximum absolute atomic E-state index is 12.8. The van der Waals surface area contributed by atoms with Gasteiger partial charge in [-0.15, -0.1) is 0 Å². The summed E-state index contributed by atoms with van der Waals surface area (Å²) in [7, 11) is -3.31. The van der Waals surface area contributed by atoms with E-state index in [4.69, 9.17) is 4.42 Å². The molecule has 156 valence electrons. The van der Waals surface area contributed by atoms with Crippen molar-refractivity contribution in [3.63, 3.8) is 0 Å². The van der Waals surface area contributed by atoms with Gasteiger partial charge in [-0.25, -0.2) is 8.42 Å².